The van der Waals surface area contributed by atoms with Crippen LogP contribution >= 0.6 is 11.8 Å². The predicted octanol–water partition coefficient (Wildman–Crippen LogP) is 1.51. The van der Waals surface area contributed by atoms with Crippen LogP contribution < -0.4 is 5.73 Å². The van der Waals surface area contributed by atoms with E-state index in [-0.39, 0.29) is 5.97 Å². The summed E-state index contributed by atoms with van der Waals surface area (Å²) in [5.41, 5.74) is 7.71. The minimum Gasteiger partial charge on any atom is -0.468 e. The molecule has 94 valence electrons. The summed E-state index contributed by atoms with van der Waals surface area (Å²) >= 11 is 1.72. The largest absolute Gasteiger partial charge is 0.468 e. The molecule has 2 N–H and O–H groups in total. The van der Waals surface area contributed by atoms with Gasteiger partial charge in [-0.15, -0.1) is 0 Å². The van der Waals surface area contributed by atoms with Crippen molar-refractivity contribution in [1.29, 1.82) is 0 Å². The zero-order chi connectivity index (χ0) is 12.7. The maximum Gasteiger partial charge on any atom is 0.322 e. The van der Waals surface area contributed by atoms with Crippen molar-refractivity contribution >= 4 is 17.7 Å². The van der Waals surface area contributed by atoms with Crippen LogP contribution in [0.1, 0.15) is 17.8 Å². The van der Waals surface area contributed by atoms with Crippen LogP contribution in [0, 0.1) is 6.92 Å². The highest BCUT2D eigenvalue weighted by Gasteiger charge is 2.12. The van der Waals surface area contributed by atoms with Crippen molar-refractivity contribution in [1.82, 2.24) is 4.98 Å². The van der Waals surface area contributed by atoms with Crippen molar-refractivity contribution in [3.05, 3.63) is 29.6 Å². The smallest absolute Gasteiger partial charge is 0.322 e. The van der Waals surface area contributed by atoms with Gasteiger partial charge in [-0.05, 0) is 31.2 Å². The molecule has 1 unspecified atom stereocenters. The molecule has 0 aliphatic rings. The lowest BCUT2D eigenvalue weighted by molar-refractivity contribution is -0.142. The molecule has 0 fully saturated rings. The Labute approximate surface area is 106 Å². The average Bonchev–Trinajstić information content (AvgIpc) is 2.33. The zero-order valence-electron chi connectivity index (χ0n) is 10.2. The summed E-state index contributed by atoms with van der Waals surface area (Å²) in [6, 6.07) is 5.46. The highest BCUT2D eigenvalue weighted by molar-refractivity contribution is 7.98. The third-order valence-electron chi connectivity index (χ3n) is 2.27. The van der Waals surface area contributed by atoms with E-state index in [0.29, 0.717) is 6.42 Å². The summed E-state index contributed by atoms with van der Waals surface area (Å²) in [5, 5.41) is 0. The third-order valence-corrected chi connectivity index (χ3v) is 3.30. The summed E-state index contributed by atoms with van der Waals surface area (Å²) in [6.45, 7) is 1.97. The number of carbonyl (C=O) groups excluding carboxylic acids is 1. The van der Waals surface area contributed by atoms with E-state index in [1.807, 2.05) is 25.1 Å². The van der Waals surface area contributed by atoms with Crippen molar-refractivity contribution < 1.29 is 9.53 Å². The first kappa shape index (κ1) is 14.0. The molecule has 1 rings (SSSR count). The minimum absolute atomic E-state index is 0.348. The van der Waals surface area contributed by atoms with Crippen LogP contribution in [0.4, 0.5) is 0 Å². The zero-order valence-corrected chi connectivity index (χ0v) is 11.0. The predicted molar refractivity (Wildman–Crippen MR) is 69.7 cm³/mol. The fourth-order valence-electron chi connectivity index (χ4n) is 1.34. The third kappa shape index (κ3) is 5.19. The Morgan fingerprint density at radius 3 is 3.00 bits per heavy atom. The first-order chi connectivity index (χ1) is 8.13. The second kappa shape index (κ2) is 7.29. The van der Waals surface area contributed by atoms with E-state index in [0.717, 1.165) is 22.9 Å². The molecule has 4 nitrogen and oxygen atoms in total. The van der Waals surface area contributed by atoms with Gasteiger partial charge in [-0.3, -0.25) is 9.78 Å². The molecule has 5 heteroatoms. The van der Waals surface area contributed by atoms with Crippen LogP contribution in [0.3, 0.4) is 0 Å². The van der Waals surface area contributed by atoms with Crippen LogP contribution in [-0.4, -0.2) is 29.9 Å². The van der Waals surface area contributed by atoms with Gasteiger partial charge in [0.1, 0.15) is 6.04 Å². The van der Waals surface area contributed by atoms with Crippen molar-refractivity contribution in [3.8, 4) is 0 Å². The second-order valence-corrected chi connectivity index (χ2v) is 4.85. The highest BCUT2D eigenvalue weighted by Crippen LogP contribution is 2.12. The second-order valence-electron chi connectivity index (χ2n) is 3.74. The summed E-state index contributed by atoms with van der Waals surface area (Å²) in [5.74, 6) is 1.32. The van der Waals surface area contributed by atoms with E-state index in [4.69, 9.17) is 5.73 Å². The molecule has 17 heavy (non-hydrogen) atoms. The lowest BCUT2D eigenvalue weighted by atomic mass is 10.2. The number of hydrogen-bond acceptors (Lipinski definition) is 5. The maximum absolute atomic E-state index is 11.1. The van der Waals surface area contributed by atoms with Crippen molar-refractivity contribution in [2.24, 2.45) is 5.73 Å². The molecule has 0 saturated heterocycles. The van der Waals surface area contributed by atoms with Gasteiger partial charge in [-0.2, -0.15) is 11.8 Å². The summed E-state index contributed by atoms with van der Waals surface area (Å²) in [7, 11) is 1.35. The molecule has 0 radical (unpaired) electrons. The Morgan fingerprint density at radius 1 is 1.59 bits per heavy atom. The van der Waals surface area contributed by atoms with Crippen molar-refractivity contribution in [2.75, 3.05) is 12.9 Å². The quantitative estimate of drug-likeness (QED) is 0.616. The first-order valence-corrected chi connectivity index (χ1v) is 6.62. The average molecular weight is 254 g/mol. The van der Waals surface area contributed by atoms with Gasteiger partial charge in [0.25, 0.3) is 0 Å². The number of nitrogens with zero attached hydrogens (tertiary/aromatic N) is 1. The number of hydrogen-bond donors (Lipinski definition) is 1. The van der Waals surface area contributed by atoms with Crippen LogP contribution in [-0.2, 0) is 15.3 Å². The monoisotopic (exact) mass is 254 g/mol. The maximum atomic E-state index is 11.1. The number of methoxy groups -OCH3 is 1. The van der Waals surface area contributed by atoms with E-state index < -0.39 is 6.04 Å². The van der Waals surface area contributed by atoms with Gasteiger partial charge >= 0.3 is 5.97 Å². The number of aryl methyl sites for hydroxylation is 1. The highest BCUT2D eigenvalue weighted by atomic mass is 32.2. The van der Waals surface area contributed by atoms with Crippen molar-refractivity contribution in [2.45, 2.75) is 25.1 Å². The van der Waals surface area contributed by atoms with E-state index in [2.05, 4.69) is 9.72 Å². The van der Waals surface area contributed by atoms with E-state index in [1.165, 1.54) is 7.11 Å². The van der Waals surface area contributed by atoms with Gasteiger partial charge in [0.15, 0.2) is 0 Å². The number of pyridine rings is 1. The Kier molecular flexibility index (Phi) is 6.00. The van der Waals surface area contributed by atoms with Gasteiger partial charge in [0.2, 0.25) is 0 Å². The molecule has 0 amide bonds. The Bertz CT molecular complexity index is 371. The molecule has 0 aromatic carbocycles. The first-order valence-electron chi connectivity index (χ1n) is 5.47. The fraction of sp³-hybridized carbons (Fsp3) is 0.500. The number of nitrogens with two attached hydrogens (primary N) is 1. The van der Waals surface area contributed by atoms with Crippen LogP contribution in [0.25, 0.3) is 0 Å². The molecule has 1 aromatic heterocycles. The van der Waals surface area contributed by atoms with Gasteiger partial charge < -0.3 is 10.5 Å². The molecule has 1 atom stereocenters. The number of ether oxygens (including phenoxy) is 1. The standard InChI is InChI=1S/C12H18N2O2S/c1-9-4-3-5-10(14-9)8-17-7-6-11(13)12(15)16-2/h3-5,11H,6-8,13H2,1-2H3. The summed E-state index contributed by atoms with van der Waals surface area (Å²) < 4.78 is 4.56. The molecule has 0 saturated carbocycles. The van der Waals surface area contributed by atoms with Gasteiger partial charge in [-0.25, -0.2) is 0 Å². The molecule has 0 spiro atoms. The Hall–Kier alpha value is -1.07. The molecule has 0 aliphatic carbocycles. The summed E-state index contributed by atoms with van der Waals surface area (Å²) in [6.07, 6.45) is 0.628. The Balaban J connectivity index is 2.22. The molecule has 1 aromatic rings. The number of thioether (sulfide) groups is 1. The molecule has 0 aliphatic heterocycles. The van der Waals surface area contributed by atoms with Crippen LogP contribution in [0.15, 0.2) is 18.2 Å². The lowest BCUT2D eigenvalue weighted by Gasteiger charge is -2.08. The molecule has 0 bridgehead atoms. The van der Waals surface area contributed by atoms with E-state index >= 15 is 0 Å². The molecule has 1 heterocycles. The molecular weight excluding hydrogens is 236 g/mol. The fourth-order valence-corrected chi connectivity index (χ4v) is 2.27. The van der Waals surface area contributed by atoms with Crippen LogP contribution in [0.2, 0.25) is 0 Å². The van der Waals surface area contributed by atoms with Gasteiger partial charge in [0.05, 0.1) is 12.8 Å². The summed E-state index contributed by atoms with van der Waals surface area (Å²) in [4.78, 5) is 15.4. The van der Waals surface area contributed by atoms with E-state index in [9.17, 15) is 4.79 Å². The topological polar surface area (TPSA) is 65.2 Å². The normalized spacial score (nSPS) is 12.2. The lowest BCUT2D eigenvalue weighted by Crippen LogP contribution is -2.31. The number of aromatic nitrogens is 1. The van der Waals surface area contributed by atoms with Crippen LogP contribution in [0.5, 0.6) is 0 Å². The Morgan fingerprint density at radius 2 is 2.35 bits per heavy atom. The van der Waals surface area contributed by atoms with Crippen molar-refractivity contribution in [3.63, 3.8) is 0 Å². The number of esters is 1. The number of rotatable bonds is 6. The van der Waals surface area contributed by atoms with E-state index in [1.54, 1.807) is 11.8 Å². The minimum atomic E-state index is -0.516. The van der Waals surface area contributed by atoms with Gasteiger partial charge in [0, 0.05) is 11.4 Å². The SMILES string of the molecule is COC(=O)C(N)CCSCc1cccc(C)n1. The number of carbonyl (C=O) groups is 1. The molecular formula is C12H18N2O2S. The van der Waals surface area contributed by atoms with Gasteiger partial charge in [-0.1, -0.05) is 6.07 Å².